The van der Waals surface area contributed by atoms with Crippen molar-refractivity contribution in [2.45, 2.75) is 31.6 Å². The zero-order valence-electron chi connectivity index (χ0n) is 15.7. The largest absolute Gasteiger partial charge is 0.387 e. The van der Waals surface area contributed by atoms with E-state index in [0.717, 1.165) is 16.7 Å². The lowest BCUT2D eigenvalue weighted by atomic mass is 9.78. The second kappa shape index (κ2) is 8.81. The van der Waals surface area contributed by atoms with Gasteiger partial charge in [-0.05, 0) is 40.4 Å². The molecule has 1 heterocycles. The average molecular weight is 382 g/mol. The molecule has 0 bridgehead atoms. The van der Waals surface area contributed by atoms with Gasteiger partial charge in [-0.25, -0.2) is 0 Å². The first-order valence-corrected chi connectivity index (χ1v) is 10.2. The van der Waals surface area contributed by atoms with Crippen LogP contribution in [0, 0.1) is 5.92 Å². The van der Waals surface area contributed by atoms with Gasteiger partial charge in [0.25, 0.3) is 0 Å². The van der Waals surface area contributed by atoms with E-state index in [1.807, 2.05) is 91.3 Å². The Morgan fingerprint density at radius 2 is 1.56 bits per heavy atom. The highest BCUT2D eigenvalue weighted by molar-refractivity contribution is 7.08. The summed E-state index contributed by atoms with van der Waals surface area (Å²) in [5.41, 5.74) is 1.60. The van der Waals surface area contributed by atoms with Crippen LogP contribution in [0.2, 0.25) is 0 Å². The van der Waals surface area contributed by atoms with Crippen molar-refractivity contribution in [3.8, 4) is 0 Å². The maximum atomic E-state index is 11.7. The second-order valence-corrected chi connectivity index (χ2v) is 7.88. The van der Waals surface area contributed by atoms with E-state index in [9.17, 15) is 10.2 Å². The van der Waals surface area contributed by atoms with Gasteiger partial charge in [0.1, 0.15) is 5.60 Å². The normalized spacial score (nSPS) is 17.0. The van der Waals surface area contributed by atoms with Gasteiger partial charge in [0.2, 0.25) is 0 Å². The minimum Gasteiger partial charge on any atom is -0.387 e. The molecule has 0 amide bonds. The van der Waals surface area contributed by atoms with Crippen molar-refractivity contribution >= 4 is 11.3 Å². The monoisotopic (exact) mass is 381 g/mol. The van der Waals surface area contributed by atoms with Crippen molar-refractivity contribution in [2.24, 2.45) is 5.92 Å². The fourth-order valence-corrected chi connectivity index (χ4v) is 4.18. The van der Waals surface area contributed by atoms with Gasteiger partial charge in [-0.15, -0.1) is 0 Å². The predicted octanol–water partition coefficient (Wildman–Crippen LogP) is 4.33. The van der Waals surface area contributed by atoms with E-state index in [-0.39, 0.29) is 12.0 Å². The SMILES string of the molecule is CC(NCC(C)C(O)(c1ccccc1)c1ccsc1)C(O)c1ccccc1. The van der Waals surface area contributed by atoms with Crippen molar-refractivity contribution in [3.05, 3.63) is 94.2 Å². The van der Waals surface area contributed by atoms with Crippen LogP contribution in [0.3, 0.4) is 0 Å². The summed E-state index contributed by atoms with van der Waals surface area (Å²) in [4.78, 5) is 0. The van der Waals surface area contributed by atoms with Gasteiger partial charge < -0.3 is 15.5 Å². The molecule has 0 aliphatic rings. The lowest BCUT2D eigenvalue weighted by Crippen LogP contribution is -2.43. The van der Waals surface area contributed by atoms with Crippen molar-refractivity contribution < 1.29 is 10.2 Å². The van der Waals surface area contributed by atoms with Crippen LogP contribution in [0.5, 0.6) is 0 Å². The van der Waals surface area contributed by atoms with Gasteiger partial charge in [0.05, 0.1) is 6.10 Å². The minimum absolute atomic E-state index is 0.0834. The van der Waals surface area contributed by atoms with Crippen molar-refractivity contribution in [2.75, 3.05) is 6.54 Å². The Hall–Kier alpha value is -1.98. The third-order valence-corrected chi connectivity index (χ3v) is 5.93. The molecule has 0 saturated heterocycles. The molecule has 142 valence electrons. The summed E-state index contributed by atoms with van der Waals surface area (Å²) in [6.07, 6.45) is -0.593. The topological polar surface area (TPSA) is 52.5 Å². The number of thiophene rings is 1. The van der Waals surface area contributed by atoms with Gasteiger partial charge in [0.15, 0.2) is 0 Å². The van der Waals surface area contributed by atoms with Gasteiger partial charge in [-0.3, -0.25) is 0 Å². The summed E-state index contributed by atoms with van der Waals surface area (Å²) in [6, 6.07) is 21.3. The van der Waals surface area contributed by atoms with Crippen LogP contribution in [0.4, 0.5) is 0 Å². The number of aliphatic hydroxyl groups is 2. The fourth-order valence-electron chi connectivity index (χ4n) is 3.47. The first-order chi connectivity index (χ1) is 13.0. The minimum atomic E-state index is -1.08. The maximum absolute atomic E-state index is 11.7. The molecule has 0 radical (unpaired) electrons. The molecule has 3 aromatic rings. The molecular formula is C23H27NO2S. The van der Waals surface area contributed by atoms with Crippen LogP contribution in [0.1, 0.15) is 36.6 Å². The number of aliphatic hydroxyl groups excluding tert-OH is 1. The molecular weight excluding hydrogens is 354 g/mol. The molecule has 0 aliphatic carbocycles. The molecule has 3 nitrogen and oxygen atoms in total. The molecule has 27 heavy (non-hydrogen) atoms. The van der Waals surface area contributed by atoms with E-state index >= 15 is 0 Å². The molecule has 0 saturated carbocycles. The highest BCUT2D eigenvalue weighted by atomic mass is 32.1. The third kappa shape index (κ3) is 4.30. The quantitative estimate of drug-likeness (QED) is 0.544. The molecule has 3 N–H and O–H groups in total. The Labute approximate surface area is 165 Å². The zero-order valence-corrected chi connectivity index (χ0v) is 16.6. The Bertz CT molecular complexity index is 807. The molecule has 4 unspecified atom stereocenters. The lowest BCUT2D eigenvalue weighted by Gasteiger charge is -2.36. The standard InChI is InChI=1S/C23H27NO2S/c1-17(15-24-18(2)22(25)19-9-5-3-6-10-19)23(26,21-13-14-27-16-21)20-11-7-4-8-12-20/h3-14,16-18,22,24-26H,15H2,1-2H3. The number of hydrogen-bond donors (Lipinski definition) is 3. The number of nitrogens with one attached hydrogen (secondary N) is 1. The van der Waals surface area contributed by atoms with Gasteiger partial charge in [0, 0.05) is 18.5 Å². The van der Waals surface area contributed by atoms with Crippen LogP contribution in [0.25, 0.3) is 0 Å². The lowest BCUT2D eigenvalue weighted by molar-refractivity contribution is 0.0206. The average Bonchev–Trinajstić information content (AvgIpc) is 3.27. The smallest absolute Gasteiger partial charge is 0.119 e. The molecule has 1 aromatic heterocycles. The molecule has 0 spiro atoms. The van der Waals surface area contributed by atoms with E-state index in [4.69, 9.17) is 0 Å². The third-order valence-electron chi connectivity index (χ3n) is 5.25. The van der Waals surface area contributed by atoms with Crippen molar-refractivity contribution in [3.63, 3.8) is 0 Å². The first kappa shape index (κ1) is 19.8. The van der Waals surface area contributed by atoms with Crippen molar-refractivity contribution in [1.82, 2.24) is 5.32 Å². The van der Waals surface area contributed by atoms with Crippen LogP contribution < -0.4 is 5.32 Å². The molecule has 4 heteroatoms. The van der Waals surface area contributed by atoms with Crippen LogP contribution >= 0.6 is 11.3 Å². The summed E-state index contributed by atoms with van der Waals surface area (Å²) < 4.78 is 0. The Morgan fingerprint density at radius 1 is 0.926 bits per heavy atom. The summed E-state index contributed by atoms with van der Waals surface area (Å²) in [6.45, 7) is 4.59. The highest BCUT2D eigenvalue weighted by Gasteiger charge is 2.38. The zero-order chi connectivity index (χ0) is 19.3. The molecule has 0 fully saturated rings. The molecule has 3 rings (SSSR count). The molecule has 4 atom stereocenters. The van der Waals surface area contributed by atoms with Crippen LogP contribution in [-0.2, 0) is 5.60 Å². The summed E-state index contributed by atoms with van der Waals surface area (Å²) in [7, 11) is 0. The van der Waals surface area contributed by atoms with Crippen molar-refractivity contribution in [1.29, 1.82) is 0 Å². The van der Waals surface area contributed by atoms with Crippen LogP contribution in [-0.4, -0.2) is 22.8 Å². The fraction of sp³-hybridized carbons (Fsp3) is 0.304. The number of rotatable bonds is 8. The van der Waals surface area contributed by atoms with Gasteiger partial charge in [-0.2, -0.15) is 11.3 Å². The molecule has 0 aliphatic heterocycles. The Balaban J connectivity index is 1.75. The summed E-state index contributed by atoms with van der Waals surface area (Å²) >= 11 is 1.58. The van der Waals surface area contributed by atoms with Crippen LogP contribution in [0.15, 0.2) is 77.5 Å². The maximum Gasteiger partial charge on any atom is 0.119 e. The predicted molar refractivity (Wildman–Crippen MR) is 112 cm³/mol. The van der Waals surface area contributed by atoms with E-state index in [1.54, 1.807) is 11.3 Å². The summed E-state index contributed by atoms with van der Waals surface area (Å²) in [5.74, 6) is -0.0834. The van der Waals surface area contributed by atoms with E-state index in [2.05, 4.69) is 5.32 Å². The Kier molecular flexibility index (Phi) is 6.45. The number of hydrogen-bond acceptors (Lipinski definition) is 4. The second-order valence-electron chi connectivity index (χ2n) is 7.10. The van der Waals surface area contributed by atoms with E-state index in [1.165, 1.54) is 0 Å². The first-order valence-electron chi connectivity index (χ1n) is 9.30. The molecule has 2 aromatic carbocycles. The van der Waals surface area contributed by atoms with E-state index < -0.39 is 11.7 Å². The number of benzene rings is 2. The Morgan fingerprint density at radius 3 is 2.15 bits per heavy atom. The highest BCUT2D eigenvalue weighted by Crippen LogP contribution is 2.37. The van der Waals surface area contributed by atoms with Gasteiger partial charge >= 0.3 is 0 Å². The van der Waals surface area contributed by atoms with Gasteiger partial charge in [-0.1, -0.05) is 67.6 Å². The van der Waals surface area contributed by atoms with E-state index in [0.29, 0.717) is 6.54 Å². The summed E-state index contributed by atoms with van der Waals surface area (Å²) in [5, 5.41) is 29.7.